The Morgan fingerprint density at radius 2 is 1.89 bits per heavy atom. The number of benzene rings is 1. The summed E-state index contributed by atoms with van der Waals surface area (Å²) in [4.78, 5) is 21.7. The van der Waals surface area contributed by atoms with E-state index in [1.54, 1.807) is 24.9 Å². The summed E-state index contributed by atoms with van der Waals surface area (Å²) >= 11 is 0. The maximum atomic E-state index is 13.6. The number of alkyl halides is 3. The summed E-state index contributed by atoms with van der Waals surface area (Å²) in [5.41, 5.74) is 13.4. The van der Waals surface area contributed by atoms with E-state index in [0.29, 0.717) is 75.5 Å². The molecular formula is C38H54F3N9O4. The largest absolute Gasteiger partial charge is 0.508 e. The Labute approximate surface area is 315 Å². The standard InChI is InChI=1S/C36H49F3N8O4.C2H5N/c1-7-9-29(32(28(8-2)40-4)45-12-14-46(15-13-45)35(50)31-33(49)22(3)44(6)42-31)47(43-34(41-5)23-10-16-51-17-11-23)21-25-18-24-19-27(36(37,38)39)26(24)20-30(25)48;1-2-3/h9-10,18,20,27,34,40,43,48-49H,5,7-8,11-17,19,21H2,1-4,6H3;2H,1,3H2/b29-9-,32-28+;. The molecule has 2 aromatic rings. The van der Waals surface area contributed by atoms with Crippen LogP contribution in [0.4, 0.5) is 13.2 Å². The molecule has 1 aromatic carbocycles. The predicted octanol–water partition coefficient (Wildman–Crippen LogP) is 4.70. The summed E-state index contributed by atoms with van der Waals surface area (Å²) in [6.45, 7) is 15.5. The van der Waals surface area contributed by atoms with Crippen LogP contribution in [0.5, 0.6) is 11.5 Å². The number of allylic oxidation sites excluding steroid dienone is 2. The Morgan fingerprint density at radius 1 is 1.22 bits per heavy atom. The number of hydrogen-bond acceptors (Lipinski definition) is 11. The van der Waals surface area contributed by atoms with E-state index in [-0.39, 0.29) is 41.6 Å². The third-order valence-corrected chi connectivity index (χ3v) is 9.93. The molecule has 3 aliphatic rings. The topological polar surface area (TPSA) is 157 Å². The molecule has 6 N–H and O–H groups in total. The molecule has 1 aliphatic carbocycles. The van der Waals surface area contributed by atoms with Crippen molar-refractivity contribution < 1.29 is 32.9 Å². The summed E-state index contributed by atoms with van der Waals surface area (Å²) in [5.74, 6) is -2.26. The van der Waals surface area contributed by atoms with E-state index in [0.717, 1.165) is 22.7 Å². The van der Waals surface area contributed by atoms with Crippen molar-refractivity contribution in [2.45, 2.75) is 71.3 Å². The maximum absolute atomic E-state index is 13.6. The summed E-state index contributed by atoms with van der Waals surface area (Å²) in [6.07, 6.45) is 2.17. The third-order valence-electron chi connectivity index (χ3n) is 9.93. The van der Waals surface area contributed by atoms with Crippen LogP contribution in [0.2, 0.25) is 0 Å². The Hall–Kier alpha value is -4.96. The number of ether oxygens (including phenoxy) is 1. The number of aliphatic imine (C=N–C) groups is 1. The first kappa shape index (κ1) is 41.8. The molecule has 54 heavy (non-hydrogen) atoms. The summed E-state index contributed by atoms with van der Waals surface area (Å²) in [6, 6.07) is 2.91. The molecule has 1 saturated heterocycles. The normalized spacial score (nSPS) is 18.3. The van der Waals surface area contributed by atoms with Gasteiger partial charge in [-0.2, -0.15) is 18.3 Å². The SMILES string of the molecule is C=CN.C=NC(NN(Cc1cc2c(cc1O)C(C(F)(F)F)C2)C(=C\CC)/C(=C(/CC)NC)N1CCN(C(=O)c2nn(C)c(C)c2O)CC1)C1=CCOCC1. The molecule has 3 heterocycles. The van der Waals surface area contributed by atoms with Crippen molar-refractivity contribution in [1.29, 1.82) is 0 Å². The zero-order valence-electron chi connectivity index (χ0n) is 31.8. The zero-order chi connectivity index (χ0) is 39.7. The van der Waals surface area contributed by atoms with Crippen molar-refractivity contribution in [3.05, 3.63) is 87.8 Å². The van der Waals surface area contributed by atoms with E-state index in [9.17, 15) is 28.2 Å². The smallest absolute Gasteiger partial charge is 0.396 e. The van der Waals surface area contributed by atoms with Gasteiger partial charge in [-0.1, -0.05) is 32.6 Å². The first-order valence-corrected chi connectivity index (χ1v) is 18.1. The summed E-state index contributed by atoms with van der Waals surface area (Å²) in [7, 11) is 3.53. The Balaban J connectivity index is 0.00000209. The highest BCUT2D eigenvalue weighted by Gasteiger charge is 2.47. The molecular weight excluding hydrogens is 703 g/mol. The number of carbonyl (C=O) groups excluding carboxylic acids is 1. The number of nitrogens with one attached hydrogen (secondary N) is 2. The van der Waals surface area contributed by atoms with Crippen LogP contribution >= 0.6 is 0 Å². The number of aryl methyl sites for hydroxylation is 1. The van der Waals surface area contributed by atoms with Crippen molar-refractivity contribution in [3.63, 3.8) is 0 Å². The van der Waals surface area contributed by atoms with E-state index < -0.39 is 18.3 Å². The number of amides is 1. The van der Waals surface area contributed by atoms with Crippen molar-refractivity contribution >= 4 is 12.6 Å². The number of hydrogen-bond donors (Lipinski definition) is 5. The van der Waals surface area contributed by atoms with Crippen LogP contribution in [0.15, 0.2) is 64.7 Å². The number of hydrazine groups is 1. The molecule has 296 valence electrons. The number of aromatic nitrogens is 2. The minimum absolute atomic E-state index is 0.0240. The van der Waals surface area contributed by atoms with Gasteiger partial charge in [0.05, 0.1) is 42.8 Å². The van der Waals surface area contributed by atoms with Gasteiger partial charge in [0.15, 0.2) is 11.4 Å². The van der Waals surface area contributed by atoms with Gasteiger partial charge in [0, 0.05) is 51.5 Å². The lowest BCUT2D eigenvalue weighted by atomic mass is 9.76. The fraction of sp³-hybridized carbons (Fsp3) is 0.500. The number of fused-ring (bicyclic) bond motifs is 1. The molecule has 1 amide bonds. The molecule has 0 spiro atoms. The van der Waals surface area contributed by atoms with Gasteiger partial charge in [0.25, 0.3) is 5.91 Å². The van der Waals surface area contributed by atoms with Crippen LogP contribution in [-0.4, -0.2) is 106 Å². The van der Waals surface area contributed by atoms with Gasteiger partial charge in [-0.3, -0.25) is 19.5 Å². The van der Waals surface area contributed by atoms with Crippen LogP contribution in [-0.2, 0) is 24.8 Å². The Bertz CT molecular complexity index is 1750. The summed E-state index contributed by atoms with van der Waals surface area (Å²) < 4.78 is 47.8. The number of rotatable bonds is 13. The second-order valence-electron chi connectivity index (χ2n) is 13.2. The van der Waals surface area contributed by atoms with E-state index in [1.165, 1.54) is 16.9 Å². The monoisotopic (exact) mass is 757 g/mol. The second kappa shape index (κ2) is 18.4. The minimum atomic E-state index is -4.37. The second-order valence-corrected chi connectivity index (χ2v) is 13.2. The van der Waals surface area contributed by atoms with Crippen LogP contribution < -0.4 is 16.5 Å². The fourth-order valence-corrected chi connectivity index (χ4v) is 6.89. The summed E-state index contributed by atoms with van der Waals surface area (Å²) in [5, 5.41) is 31.2. The Morgan fingerprint density at radius 3 is 2.41 bits per heavy atom. The van der Waals surface area contributed by atoms with Crippen molar-refractivity contribution in [1.82, 2.24) is 35.3 Å². The van der Waals surface area contributed by atoms with Crippen LogP contribution in [0, 0.1) is 6.92 Å². The molecule has 13 nitrogen and oxygen atoms in total. The van der Waals surface area contributed by atoms with Crippen molar-refractivity contribution in [2.75, 3.05) is 46.4 Å². The lowest BCUT2D eigenvalue weighted by molar-refractivity contribution is -0.155. The van der Waals surface area contributed by atoms with E-state index in [1.807, 2.05) is 32.0 Å². The molecule has 2 unspecified atom stereocenters. The molecule has 0 bridgehead atoms. The first-order valence-electron chi connectivity index (χ1n) is 18.1. The van der Waals surface area contributed by atoms with Gasteiger partial charge in [0.1, 0.15) is 11.9 Å². The third kappa shape index (κ3) is 9.21. The number of carbonyl (C=O) groups is 1. The molecule has 0 radical (unpaired) electrons. The molecule has 1 fully saturated rings. The van der Waals surface area contributed by atoms with Crippen LogP contribution in [0.1, 0.15) is 71.9 Å². The van der Waals surface area contributed by atoms with Gasteiger partial charge < -0.3 is 35.8 Å². The average molecular weight is 758 g/mol. The lowest BCUT2D eigenvalue weighted by Gasteiger charge is -2.42. The lowest BCUT2D eigenvalue weighted by Crippen LogP contribution is -2.51. The molecule has 5 rings (SSSR count). The van der Waals surface area contributed by atoms with Gasteiger partial charge in [-0.15, -0.1) is 0 Å². The molecule has 16 heteroatoms. The predicted molar refractivity (Wildman–Crippen MR) is 202 cm³/mol. The van der Waals surface area contributed by atoms with Crippen molar-refractivity contribution in [2.24, 2.45) is 17.8 Å². The van der Waals surface area contributed by atoms with Gasteiger partial charge in [-0.05, 0) is 74.4 Å². The maximum Gasteiger partial charge on any atom is 0.396 e. The fourth-order valence-electron chi connectivity index (χ4n) is 6.89. The number of halogens is 3. The van der Waals surface area contributed by atoms with Gasteiger partial charge in [0.2, 0.25) is 0 Å². The highest BCUT2D eigenvalue weighted by molar-refractivity contribution is 5.95. The minimum Gasteiger partial charge on any atom is -0.508 e. The van der Waals surface area contributed by atoms with E-state index in [2.05, 4.69) is 50.8 Å². The number of nitrogens with zero attached hydrogens (tertiary/aromatic N) is 6. The molecule has 0 saturated carbocycles. The highest BCUT2D eigenvalue weighted by Crippen LogP contribution is 2.48. The number of phenols is 1. The van der Waals surface area contributed by atoms with Gasteiger partial charge >= 0.3 is 6.18 Å². The number of aromatic hydroxyl groups is 2. The van der Waals surface area contributed by atoms with Crippen LogP contribution in [0.3, 0.4) is 0 Å². The number of phenolic OH excluding ortho intramolecular Hbond substituents is 1. The quantitative estimate of drug-likeness (QED) is 0.0841. The molecule has 2 atom stereocenters. The molecule has 2 aliphatic heterocycles. The highest BCUT2D eigenvalue weighted by atomic mass is 19.4. The first-order chi connectivity index (χ1) is 25.7. The average Bonchev–Trinajstić information content (AvgIpc) is 3.40. The van der Waals surface area contributed by atoms with Gasteiger partial charge in [-0.25, -0.2) is 5.43 Å². The van der Waals surface area contributed by atoms with Crippen LogP contribution in [0.25, 0.3) is 0 Å². The van der Waals surface area contributed by atoms with E-state index >= 15 is 0 Å². The van der Waals surface area contributed by atoms with Crippen molar-refractivity contribution in [3.8, 4) is 11.5 Å². The Kier molecular flexibility index (Phi) is 14.2. The molecule has 1 aromatic heterocycles. The number of nitrogens with two attached hydrogens (primary N) is 1. The van der Waals surface area contributed by atoms with E-state index in [4.69, 9.17) is 4.74 Å². The number of piperazine rings is 1. The zero-order valence-corrected chi connectivity index (χ0v) is 31.8.